The Morgan fingerprint density at radius 1 is 1.05 bits per heavy atom. The highest BCUT2D eigenvalue weighted by Gasteiger charge is 2.34. The Kier molecular flexibility index (Phi) is 5.98. The molecule has 0 aliphatic carbocycles. The topological polar surface area (TPSA) is 40.6 Å². The zero-order valence-corrected chi connectivity index (χ0v) is 12.7. The van der Waals surface area contributed by atoms with Crippen LogP contribution in [0.5, 0.6) is 0 Å². The molecule has 1 aromatic rings. The first kappa shape index (κ1) is 16.2. The normalized spacial score (nSPS) is 12.2. The first-order valence-electron chi connectivity index (χ1n) is 6.71. The summed E-state index contributed by atoms with van der Waals surface area (Å²) in [6, 6.07) is 5.75. The molecule has 0 N–H and O–H groups in total. The van der Waals surface area contributed by atoms with Crippen LogP contribution in [0.2, 0.25) is 0 Å². The monoisotopic (exact) mass is 265 g/mol. The number of aromatic nitrogens is 1. The van der Waals surface area contributed by atoms with E-state index >= 15 is 0 Å². The van der Waals surface area contributed by atoms with Crippen molar-refractivity contribution in [3.63, 3.8) is 0 Å². The minimum Gasteiger partial charge on any atom is -0.384 e. The average Bonchev–Trinajstić information content (AvgIpc) is 2.27. The van der Waals surface area contributed by atoms with Crippen molar-refractivity contribution >= 4 is 7.32 Å². The van der Waals surface area contributed by atoms with E-state index in [0.29, 0.717) is 0 Å². The van der Waals surface area contributed by atoms with E-state index in [9.17, 15) is 0 Å². The first-order chi connectivity index (χ1) is 8.81. The summed E-state index contributed by atoms with van der Waals surface area (Å²) in [6.45, 7) is 11.7. The van der Waals surface area contributed by atoms with Gasteiger partial charge >= 0.3 is 7.32 Å². The van der Waals surface area contributed by atoms with Crippen LogP contribution in [0.4, 0.5) is 0 Å². The van der Waals surface area contributed by atoms with Crippen LogP contribution in [-0.2, 0) is 19.6 Å². The molecule has 4 nitrogen and oxygen atoms in total. The molecule has 0 saturated carbocycles. The lowest BCUT2D eigenvalue weighted by molar-refractivity contribution is -0.0154. The van der Waals surface area contributed by atoms with Crippen molar-refractivity contribution in [2.75, 3.05) is 0 Å². The lowest BCUT2D eigenvalue weighted by Crippen LogP contribution is -2.39. The zero-order valence-electron chi connectivity index (χ0n) is 12.7. The molecule has 1 aromatic heterocycles. The Bertz CT molecular complexity index is 358. The predicted octanol–water partition coefficient (Wildman–Crippen LogP) is 3.17. The van der Waals surface area contributed by atoms with Gasteiger partial charge in [-0.15, -0.1) is 0 Å². The summed E-state index contributed by atoms with van der Waals surface area (Å²) in [5.74, 6) is 0. The number of nitrogens with zero attached hydrogens (tertiary/aromatic N) is 1. The second kappa shape index (κ2) is 7.03. The molecule has 106 valence electrons. The molecule has 0 spiro atoms. The molecule has 0 fully saturated rings. The van der Waals surface area contributed by atoms with Gasteiger partial charge in [-0.3, -0.25) is 4.98 Å². The van der Waals surface area contributed by atoms with Crippen LogP contribution in [0.1, 0.15) is 47.2 Å². The van der Waals surface area contributed by atoms with Crippen LogP contribution in [-0.4, -0.2) is 24.5 Å². The van der Waals surface area contributed by atoms with Crippen molar-refractivity contribution < 1.29 is 14.0 Å². The molecule has 0 aromatic carbocycles. The van der Waals surface area contributed by atoms with Gasteiger partial charge in [-0.25, -0.2) is 0 Å². The van der Waals surface area contributed by atoms with Gasteiger partial charge in [0.15, 0.2) is 0 Å². The van der Waals surface area contributed by atoms with E-state index in [1.807, 2.05) is 59.7 Å². The van der Waals surface area contributed by atoms with Crippen LogP contribution in [0.25, 0.3) is 0 Å². The molecule has 0 radical (unpaired) electrons. The third-order valence-electron chi connectivity index (χ3n) is 2.44. The summed E-state index contributed by atoms with van der Waals surface area (Å²) in [7, 11) is -0.697. The summed E-state index contributed by atoms with van der Waals surface area (Å²) in [6.07, 6.45) is 1.81. The highest BCUT2D eigenvalue weighted by atomic mass is 16.7. The van der Waals surface area contributed by atoms with Crippen molar-refractivity contribution in [2.45, 2.75) is 59.4 Å². The Morgan fingerprint density at radius 3 is 2.05 bits per heavy atom. The molecule has 0 amide bonds. The Morgan fingerprint density at radius 2 is 1.63 bits per heavy atom. The minimum absolute atomic E-state index is 0.0308. The molecule has 5 heteroatoms. The number of rotatable bonds is 7. The summed E-state index contributed by atoms with van der Waals surface area (Å²) < 4.78 is 17.2. The van der Waals surface area contributed by atoms with E-state index in [4.69, 9.17) is 14.0 Å². The van der Waals surface area contributed by atoms with Gasteiger partial charge in [-0.1, -0.05) is 6.07 Å². The van der Waals surface area contributed by atoms with Gasteiger partial charge < -0.3 is 14.0 Å². The van der Waals surface area contributed by atoms with Gasteiger partial charge in [0.25, 0.3) is 0 Å². The number of pyridine rings is 1. The smallest absolute Gasteiger partial charge is 0.384 e. The van der Waals surface area contributed by atoms with Gasteiger partial charge in [0.05, 0.1) is 11.3 Å². The Balaban J connectivity index is 2.76. The zero-order chi connectivity index (χ0) is 14.5. The summed E-state index contributed by atoms with van der Waals surface area (Å²) in [5.41, 5.74) is 0.273. The quantitative estimate of drug-likeness (QED) is 0.710. The molecule has 1 heterocycles. The molecular formula is C14H24BNO3. The second-order valence-corrected chi connectivity index (χ2v) is 5.50. The largest absolute Gasteiger partial charge is 0.640 e. The Hall–Kier alpha value is -0.905. The molecular weight excluding hydrogens is 241 g/mol. The van der Waals surface area contributed by atoms with E-state index < -0.39 is 12.9 Å². The van der Waals surface area contributed by atoms with Crippen LogP contribution < -0.4 is 0 Å². The lowest BCUT2D eigenvalue weighted by atomic mass is 10.0. The van der Waals surface area contributed by atoms with E-state index in [2.05, 4.69) is 4.98 Å². The van der Waals surface area contributed by atoms with Crippen molar-refractivity contribution in [2.24, 2.45) is 0 Å². The highest BCUT2D eigenvalue weighted by Crippen LogP contribution is 2.24. The summed E-state index contributed by atoms with van der Waals surface area (Å²) in [5, 5.41) is 0. The van der Waals surface area contributed by atoms with E-state index in [1.54, 1.807) is 6.20 Å². The van der Waals surface area contributed by atoms with E-state index in [1.165, 1.54) is 0 Å². The second-order valence-electron chi connectivity index (χ2n) is 5.50. The fraction of sp³-hybridized carbons (Fsp3) is 0.643. The maximum absolute atomic E-state index is 5.94. The van der Waals surface area contributed by atoms with Crippen LogP contribution >= 0.6 is 0 Å². The van der Waals surface area contributed by atoms with E-state index in [0.717, 1.165) is 5.69 Å². The standard InChI is InChI=1S/C14H24BNO3/c1-11(2)17-15(18-12(3)4)19-14(5,6)13-9-7-8-10-16-13/h7-12H,1-6H3. The van der Waals surface area contributed by atoms with Crippen LogP contribution in [0.3, 0.4) is 0 Å². The molecule has 0 unspecified atom stereocenters. The molecule has 1 rings (SSSR count). The van der Waals surface area contributed by atoms with Gasteiger partial charge in [-0.05, 0) is 53.7 Å². The highest BCUT2D eigenvalue weighted by molar-refractivity contribution is 6.36. The van der Waals surface area contributed by atoms with Crippen molar-refractivity contribution in [1.82, 2.24) is 4.98 Å². The predicted molar refractivity (Wildman–Crippen MR) is 76.5 cm³/mol. The molecule has 0 atom stereocenters. The molecule has 0 bridgehead atoms. The third kappa shape index (κ3) is 5.72. The maximum Gasteiger partial charge on any atom is 0.640 e. The SMILES string of the molecule is CC(C)OB(OC(C)C)OC(C)(C)c1ccccn1. The third-order valence-corrected chi connectivity index (χ3v) is 2.44. The number of hydrogen-bond donors (Lipinski definition) is 0. The first-order valence-corrected chi connectivity index (χ1v) is 6.71. The average molecular weight is 265 g/mol. The van der Waals surface area contributed by atoms with Crippen molar-refractivity contribution in [1.29, 1.82) is 0 Å². The minimum atomic E-state index is -0.697. The lowest BCUT2D eigenvalue weighted by Gasteiger charge is -2.29. The summed E-state index contributed by atoms with van der Waals surface area (Å²) in [4.78, 5) is 4.33. The fourth-order valence-corrected chi connectivity index (χ4v) is 1.55. The summed E-state index contributed by atoms with van der Waals surface area (Å²) >= 11 is 0. The molecule has 0 aliphatic heterocycles. The van der Waals surface area contributed by atoms with Crippen molar-refractivity contribution in [3.8, 4) is 0 Å². The molecule has 19 heavy (non-hydrogen) atoms. The number of hydrogen-bond acceptors (Lipinski definition) is 4. The molecule has 0 saturated heterocycles. The maximum atomic E-state index is 5.94. The molecule has 0 aliphatic rings. The van der Waals surface area contributed by atoms with Crippen molar-refractivity contribution in [3.05, 3.63) is 30.1 Å². The van der Waals surface area contributed by atoms with Gasteiger partial charge in [0, 0.05) is 18.4 Å². The fourth-order valence-electron chi connectivity index (χ4n) is 1.55. The van der Waals surface area contributed by atoms with Crippen LogP contribution in [0, 0.1) is 0 Å². The Labute approximate surface area is 116 Å². The van der Waals surface area contributed by atoms with Gasteiger partial charge in [-0.2, -0.15) is 0 Å². The van der Waals surface area contributed by atoms with Crippen LogP contribution in [0.15, 0.2) is 24.4 Å². The van der Waals surface area contributed by atoms with E-state index in [-0.39, 0.29) is 12.2 Å². The van der Waals surface area contributed by atoms with Gasteiger partial charge in [0.2, 0.25) is 0 Å². The van der Waals surface area contributed by atoms with Gasteiger partial charge in [0.1, 0.15) is 0 Å².